The van der Waals surface area contributed by atoms with Gasteiger partial charge in [-0.25, -0.2) is 18.4 Å². The standard InChI is InChI=1S/C15H12Cl3NO5S/c16-11-5-4-9(25(19,21)22)8-10(11)15(20)24-7-6-23-14-12(17)2-1-3-13(14)18/h1-5,8H,6-7H2,(H2,19,21,22). The molecular formula is C15H12Cl3NO5S. The lowest BCUT2D eigenvalue weighted by molar-refractivity contribution is 0.0450. The van der Waals surface area contributed by atoms with E-state index in [1.165, 1.54) is 12.1 Å². The van der Waals surface area contributed by atoms with Crippen molar-refractivity contribution in [3.63, 3.8) is 0 Å². The fourth-order valence-corrected chi connectivity index (χ4v) is 3.06. The number of benzene rings is 2. The van der Waals surface area contributed by atoms with E-state index in [0.717, 1.165) is 6.07 Å². The minimum absolute atomic E-state index is 0.0122. The molecule has 0 amide bonds. The molecule has 0 atom stereocenters. The van der Waals surface area contributed by atoms with Gasteiger partial charge in [-0.05, 0) is 30.3 Å². The molecule has 0 bridgehead atoms. The number of para-hydroxylation sites is 1. The number of ether oxygens (including phenoxy) is 2. The van der Waals surface area contributed by atoms with Gasteiger partial charge < -0.3 is 9.47 Å². The molecule has 0 aromatic heterocycles. The first kappa shape index (κ1) is 19.8. The number of primary sulfonamides is 1. The summed E-state index contributed by atoms with van der Waals surface area (Å²) in [5.74, 6) is -0.541. The second-order valence-corrected chi connectivity index (χ2v) is 7.50. The van der Waals surface area contributed by atoms with Gasteiger partial charge >= 0.3 is 5.97 Å². The second-order valence-electron chi connectivity index (χ2n) is 4.72. The van der Waals surface area contributed by atoms with Crippen LogP contribution < -0.4 is 9.88 Å². The minimum atomic E-state index is -3.97. The van der Waals surface area contributed by atoms with Crippen LogP contribution in [0, 0.1) is 0 Å². The van der Waals surface area contributed by atoms with Gasteiger partial charge in [0.1, 0.15) is 13.2 Å². The van der Waals surface area contributed by atoms with Gasteiger partial charge in [-0.1, -0.05) is 40.9 Å². The highest BCUT2D eigenvalue weighted by Gasteiger charge is 2.17. The van der Waals surface area contributed by atoms with Crippen molar-refractivity contribution < 1.29 is 22.7 Å². The van der Waals surface area contributed by atoms with Gasteiger partial charge in [0, 0.05) is 0 Å². The lowest BCUT2D eigenvalue weighted by atomic mass is 10.2. The quantitative estimate of drug-likeness (QED) is 0.565. The summed E-state index contributed by atoms with van der Waals surface area (Å²) in [6.45, 7) is -0.141. The van der Waals surface area contributed by atoms with E-state index >= 15 is 0 Å². The number of rotatable bonds is 6. The van der Waals surface area contributed by atoms with E-state index in [-0.39, 0.29) is 34.4 Å². The Hall–Kier alpha value is -1.51. The van der Waals surface area contributed by atoms with Crippen molar-refractivity contribution in [2.75, 3.05) is 13.2 Å². The van der Waals surface area contributed by atoms with Crippen molar-refractivity contribution >= 4 is 50.8 Å². The minimum Gasteiger partial charge on any atom is -0.487 e. The molecule has 0 unspecified atom stereocenters. The Kier molecular flexibility index (Phi) is 6.53. The average molecular weight is 425 g/mol. The van der Waals surface area contributed by atoms with Crippen LogP contribution >= 0.6 is 34.8 Å². The molecule has 2 N–H and O–H groups in total. The zero-order valence-corrected chi connectivity index (χ0v) is 15.6. The number of halogens is 3. The van der Waals surface area contributed by atoms with E-state index in [9.17, 15) is 13.2 Å². The van der Waals surface area contributed by atoms with Crippen molar-refractivity contribution in [2.45, 2.75) is 4.90 Å². The molecule has 0 fully saturated rings. The first-order valence-corrected chi connectivity index (χ1v) is 9.44. The van der Waals surface area contributed by atoms with Crippen LogP contribution in [0.2, 0.25) is 15.1 Å². The molecule has 0 aliphatic heterocycles. The maximum absolute atomic E-state index is 12.0. The SMILES string of the molecule is NS(=O)(=O)c1ccc(Cl)c(C(=O)OCCOc2c(Cl)cccc2Cl)c1. The van der Waals surface area contributed by atoms with Crippen LogP contribution in [0.3, 0.4) is 0 Å². The Balaban J connectivity index is 1.99. The number of nitrogens with two attached hydrogens (primary N) is 1. The van der Waals surface area contributed by atoms with Gasteiger partial charge in [0.25, 0.3) is 0 Å². The summed E-state index contributed by atoms with van der Waals surface area (Å²) in [7, 11) is -3.97. The number of carbonyl (C=O) groups is 1. The van der Waals surface area contributed by atoms with Gasteiger partial charge in [-0.3, -0.25) is 0 Å². The third kappa shape index (κ3) is 5.23. The van der Waals surface area contributed by atoms with Crippen LogP contribution in [0.1, 0.15) is 10.4 Å². The normalized spacial score (nSPS) is 11.2. The fourth-order valence-electron chi connectivity index (χ4n) is 1.81. The smallest absolute Gasteiger partial charge is 0.339 e. The van der Waals surface area contributed by atoms with Crippen molar-refractivity contribution in [1.82, 2.24) is 0 Å². The molecule has 2 rings (SSSR count). The van der Waals surface area contributed by atoms with Crippen LogP contribution in [0.25, 0.3) is 0 Å². The summed E-state index contributed by atoms with van der Waals surface area (Å²) in [6.07, 6.45) is 0. The van der Waals surface area contributed by atoms with E-state index in [4.69, 9.17) is 49.4 Å². The van der Waals surface area contributed by atoms with Crippen LogP contribution in [0.4, 0.5) is 0 Å². The van der Waals surface area contributed by atoms with E-state index in [2.05, 4.69) is 0 Å². The molecule has 0 aliphatic rings. The average Bonchev–Trinajstić information content (AvgIpc) is 2.52. The Morgan fingerprint density at radius 2 is 1.64 bits per heavy atom. The molecule has 2 aromatic carbocycles. The number of esters is 1. The van der Waals surface area contributed by atoms with E-state index in [1.807, 2.05) is 0 Å². The molecule has 25 heavy (non-hydrogen) atoms. The maximum atomic E-state index is 12.0. The third-order valence-corrected chi connectivity index (χ3v) is 4.80. The molecular weight excluding hydrogens is 413 g/mol. The summed E-state index contributed by atoms with van der Waals surface area (Å²) < 4.78 is 33.1. The first-order valence-electron chi connectivity index (χ1n) is 6.76. The Labute approximate surface area is 159 Å². The Bertz CT molecular complexity index is 882. The first-order chi connectivity index (χ1) is 11.7. The van der Waals surface area contributed by atoms with E-state index in [1.54, 1.807) is 18.2 Å². The lowest BCUT2D eigenvalue weighted by Crippen LogP contribution is -2.15. The molecule has 10 heteroatoms. The second kappa shape index (κ2) is 8.25. The van der Waals surface area contributed by atoms with Crippen molar-refractivity contribution in [3.8, 4) is 5.75 Å². The van der Waals surface area contributed by atoms with Gasteiger partial charge in [0.05, 0.1) is 25.5 Å². The van der Waals surface area contributed by atoms with Crippen molar-refractivity contribution in [1.29, 1.82) is 0 Å². The fraction of sp³-hybridized carbons (Fsp3) is 0.133. The van der Waals surface area contributed by atoms with E-state index < -0.39 is 16.0 Å². The third-order valence-electron chi connectivity index (χ3n) is 2.97. The summed E-state index contributed by atoms with van der Waals surface area (Å²) in [5.41, 5.74) is -0.121. The molecule has 0 aliphatic carbocycles. The zero-order valence-electron chi connectivity index (χ0n) is 12.5. The largest absolute Gasteiger partial charge is 0.487 e. The summed E-state index contributed by atoms with van der Waals surface area (Å²) in [6, 6.07) is 8.36. The zero-order chi connectivity index (χ0) is 18.6. The molecule has 0 saturated carbocycles. The monoisotopic (exact) mass is 423 g/mol. The maximum Gasteiger partial charge on any atom is 0.339 e. The summed E-state index contributed by atoms with van der Waals surface area (Å²) in [5, 5.41) is 5.70. The van der Waals surface area contributed by atoms with Crippen molar-refractivity contribution in [2.24, 2.45) is 5.14 Å². The van der Waals surface area contributed by atoms with Gasteiger partial charge in [0.15, 0.2) is 5.75 Å². The number of hydrogen-bond donors (Lipinski definition) is 1. The molecule has 2 aromatic rings. The number of sulfonamides is 1. The molecule has 0 radical (unpaired) electrons. The molecule has 0 spiro atoms. The topological polar surface area (TPSA) is 95.7 Å². The van der Waals surface area contributed by atoms with Crippen molar-refractivity contribution in [3.05, 3.63) is 57.0 Å². The van der Waals surface area contributed by atoms with Crippen LogP contribution in [0.15, 0.2) is 41.3 Å². The molecule has 0 heterocycles. The Morgan fingerprint density at radius 3 is 2.24 bits per heavy atom. The van der Waals surface area contributed by atoms with Crippen LogP contribution in [-0.4, -0.2) is 27.6 Å². The molecule has 0 saturated heterocycles. The molecule has 6 nitrogen and oxygen atoms in total. The summed E-state index contributed by atoms with van der Waals surface area (Å²) in [4.78, 5) is 11.8. The van der Waals surface area contributed by atoms with Gasteiger partial charge in [-0.2, -0.15) is 0 Å². The number of carbonyl (C=O) groups excluding carboxylic acids is 1. The highest BCUT2D eigenvalue weighted by molar-refractivity contribution is 7.89. The molecule has 134 valence electrons. The highest BCUT2D eigenvalue weighted by Crippen LogP contribution is 2.32. The van der Waals surface area contributed by atoms with Gasteiger partial charge in [0.2, 0.25) is 10.0 Å². The number of hydrogen-bond acceptors (Lipinski definition) is 5. The van der Waals surface area contributed by atoms with Crippen LogP contribution in [-0.2, 0) is 14.8 Å². The van der Waals surface area contributed by atoms with E-state index in [0.29, 0.717) is 10.0 Å². The lowest BCUT2D eigenvalue weighted by Gasteiger charge is -2.11. The predicted octanol–water partition coefficient (Wildman–Crippen LogP) is 3.53. The highest BCUT2D eigenvalue weighted by atomic mass is 35.5. The van der Waals surface area contributed by atoms with Gasteiger partial charge in [-0.15, -0.1) is 0 Å². The predicted molar refractivity (Wildman–Crippen MR) is 95.1 cm³/mol. The van der Waals surface area contributed by atoms with Crippen LogP contribution in [0.5, 0.6) is 5.75 Å². The summed E-state index contributed by atoms with van der Waals surface area (Å²) >= 11 is 17.8. The Morgan fingerprint density at radius 1 is 1.00 bits per heavy atom.